The van der Waals surface area contributed by atoms with Crippen LogP contribution in [0.2, 0.25) is 0 Å². The molecule has 1 amide bonds. The van der Waals surface area contributed by atoms with Crippen molar-refractivity contribution in [2.24, 2.45) is 0 Å². The van der Waals surface area contributed by atoms with Gasteiger partial charge in [-0.3, -0.25) is 4.79 Å². The molecule has 3 rings (SSSR count). The van der Waals surface area contributed by atoms with Crippen LogP contribution in [0.4, 0.5) is 5.69 Å². The first kappa shape index (κ1) is 19.4. The number of aryl methyl sites for hydroxylation is 2. The third-order valence-electron chi connectivity index (χ3n) is 4.96. The van der Waals surface area contributed by atoms with E-state index in [-0.39, 0.29) is 29.1 Å². The molecule has 1 aliphatic rings. The molecule has 1 atom stereocenters. The Balaban J connectivity index is 1.80. The maximum Gasteiger partial charge on any atom is 0.244 e. The van der Waals surface area contributed by atoms with Crippen LogP contribution in [0.15, 0.2) is 41.3 Å². The van der Waals surface area contributed by atoms with Gasteiger partial charge in [-0.05, 0) is 62.1 Å². The van der Waals surface area contributed by atoms with E-state index in [1.165, 1.54) is 7.11 Å². The number of amides is 1. The minimum Gasteiger partial charge on any atom is -0.495 e. The van der Waals surface area contributed by atoms with Crippen molar-refractivity contribution < 1.29 is 17.9 Å². The Hall–Kier alpha value is -2.38. The minimum atomic E-state index is -3.88. The Labute approximate surface area is 160 Å². The van der Waals surface area contributed by atoms with E-state index in [4.69, 9.17) is 4.74 Å². The third kappa shape index (κ3) is 3.70. The number of carbonyl (C=O) groups excluding carboxylic acids is 1. The van der Waals surface area contributed by atoms with Gasteiger partial charge in [0.2, 0.25) is 15.9 Å². The van der Waals surface area contributed by atoms with Gasteiger partial charge in [-0.15, -0.1) is 0 Å². The molecule has 1 aliphatic heterocycles. The Kier molecular flexibility index (Phi) is 5.26. The minimum absolute atomic E-state index is 0.00411. The summed E-state index contributed by atoms with van der Waals surface area (Å²) in [7, 11) is -2.46. The number of hydrogen-bond donors (Lipinski definition) is 1. The Morgan fingerprint density at radius 1 is 1.22 bits per heavy atom. The average molecular weight is 388 g/mol. The topological polar surface area (TPSA) is 75.7 Å². The normalized spacial score (nSPS) is 16.3. The van der Waals surface area contributed by atoms with Gasteiger partial charge in [0.05, 0.1) is 13.7 Å². The molecule has 0 aromatic heterocycles. The zero-order chi connectivity index (χ0) is 19.8. The van der Waals surface area contributed by atoms with Gasteiger partial charge < -0.3 is 9.64 Å². The molecule has 27 heavy (non-hydrogen) atoms. The predicted molar refractivity (Wildman–Crippen MR) is 105 cm³/mol. The number of benzene rings is 2. The maximum atomic E-state index is 12.8. The molecule has 1 heterocycles. The molecule has 0 spiro atoms. The lowest BCUT2D eigenvalue weighted by atomic mass is 10.1. The van der Waals surface area contributed by atoms with Gasteiger partial charge in [0.25, 0.3) is 0 Å². The van der Waals surface area contributed by atoms with Crippen LogP contribution in [0.1, 0.15) is 23.6 Å². The van der Waals surface area contributed by atoms with Crippen LogP contribution in [-0.4, -0.2) is 34.0 Å². The Bertz CT molecular complexity index is 985. The zero-order valence-corrected chi connectivity index (χ0v) is 16.8. The number of nitrogens with zero attached hydrogens (tertiary/aromatic N) is 1. The third-order valence-corrected chi connectivity index (χ3v) is 6.38. The Morgan fingerprint density at radius 2 is 1.89 bits per heavy atom. The van der Waals surface area contributed by atoms with Crippen LogP contribution in [0.3, 0.4) is 0 Å². The molecule has 7 heteroatoms. The van der Waals surface area contributed by atoms with Crippen molar-refractivity contribution in [2.45, 2.75) is 38.1 Å². The molecular formula is C20H24N2O4S. The van der Waals surface area contributed by atoms with E-state index in [0.717, 1.165) is 28.8 Å². The highest BCUT2D eigenvalue weighted by Crippen LogP contribution is 2.32. The van der Waals surface area contributed by atoms with Crippen molar-refractivity contribution in [2.75, 3.05) is 18.6 Å². The highest BCUT2D eigenvalue weighted by Gasteiger charge is 2.31. The van der Waals surface area contributed by atoms with Crippen molar-refractivity contribution in [3.05, 3.63) is 53.1 Å². The van der Waals surface area contributed by atoms with E-state index in [0.29, 0.717) is 0 Å². The number of hydrogen-bond acceptors (Lipinski definition) is 4. The average Bonchev–Trinajstić information content (AvgIpc) is 2.97. The molecule has 0 fully saturated rings. The van der Waals surface area contributed by atoms with E-state index in [9.17, 15) is 13.2 Å². The van der Waals surface area contributed by atoms with E-state index < -0.39 is 10.0 Å². The first-order valence-electron chi connectivity index (χ1n) is 8.79. The van der Waals surface area contributed by atoms with Crippen LogP contribution in [-0.2, 0) is 21.2 Å². The lowest BCUT2D eigenvalue weighted by Crippen LogP contribution is -2.43. The number of carbonyl (C=O) groups is 1. The molecule has 0 bridgehead atoms. The molecule has 1 unspecified atom stereocenters. The summed E-state index contributed by atoms with van der Waals surface area (Å²) in [6, 6.07) is 10.9. The second-order valence-corrected chi connectivity index (χ2v) is 8.59. The summed E-state index contributed by atoms with van der Waals surface area (Å²) >= 11 is 0. The number of para-hydroxylation sites is 1. The number of rotatable bonds is 5. The second kappa shape index (κ2) is 7.32. The fraction of sp³-hybridized carbons (Fsp3) is 0.350. The fourth-order valence-electron chi connectivity index (χ4n) is 3.40. The number of nitrogens with one attached hydrogen (secondary N) is 1. The molecule has 2 aromatic rings. The highest BCUT2D eigenvalue weighted by molar-refractivity contribution is 7.89. The van der Waals surface area contributed by atoms with Gasteiger partial charge >= 0.3 is 0 Å². The molecule has 0 radical (unpaired) electrons. The molecule has 1 N–H and O–H groups in total. The molecule has 0 aliphatic carbocycles. The second-order valence-electron chi connectivity index (χ2n) is 6.86. The molecule has 6 nitrogen and oxygen atoms in total. The van der Waals surface area contributed by atoms with Crippen LogP contribution < -0.4 is 14.4 Å². The summed E-state index contributed by atoms with van der Waals surface area (Å²) in [5, 5.41) is 0. The van der Waals surface area contributed by atoms with Gasteiger partial charge in [0.1, 0.15) is 10.6 Å². The van der Waals surface area contributed by atoms with Gasteiger partial charge in [-0.2, -0.15) is 0 Å². The number of anilines is 1. The number of methoxy groups -OCH3 is 1. The van der Waals surface area contributed by atoms with E-state index in [2.05, 4.69) is 4.72 Å². The number of ether oxygens (including phenoxy) is 1. The van der Waals surface area contributed by atoms with Crippen LogP contribution in [0.25, 0.3) is 0 Å². The van der Waals surface area contributed by atoms with Crippen molar-refractivity contribution >= 4 is 21.6 Å². The van der Waals surface area contributed by atoms with Gasteiger partial charge in [0.15, 0.2) is 0 Å². The maximum absolute atomic E-state index is 12.8. The molecule has 0 saturated heterocycles. The van der Waals surface area contributed by atoms with Crippen LogP contribution in [0.5, 0.6) is 5.75 Å². The first-order valence-corrected chi connectivity index (χ1v) is 10.3. The van der Waals surface area contributed by atoms with Gasteiger partial charge in [-0.1, -0.05) is 18.2 Å². The molecule has 144 valence electrons. The van der Waals surface area contributed by atoms with E-state index >= 15 is 0 Å². The predicted octanol–water partition coefficient (Wildman–Crippen LogP) is 2.57. The summed E-state index contributed by atoms with van der Waals surface area (Å²) in [6.07, 6.45) is 0.764. The zero-order valence-electron chi connectivity index (χ0n) is 15.9. The van der Waals surface area contributed by atoms with Crippen molar-refractivity contribution in [3.63, 3.8) is 0 Å². The van der Waals surface area contributed by atoms with Crippen molar-refractivity contribution in [3.8, 4) is 5.75 Å². The molecule has 0 saturated carbocycles. The molecular weight excluding hydrogens is 364 g/mol. The highest BCUT2D eigenvalue weighted by atomic mass is 32.2. The van der Waals surface area contributed by atoms with E-state index in [1.54, 1.807) is 17.0 Å². The summed E-state index contributed by atoms with van der Waals surface area (Å²) in [6.45, 7) is 5.37. The van der Waals surface area contributed by atoms with Crippen LogP contribution in [0, 0.1) is 13.8 Å². The largest absolute Gasteiger partial charge is 0.495 e. The van der Waals surface area contributed by atoms with Crippen LogP contribution >= 0.6 is 0 Å². The molecule has 2 aromatic carbocycles. The fourth-order valence-corrected chi connectivity index (χ4v) is 4.61. The van der Waals surface area contributed by atoms with Gasteiger partial charge in [-0.25, -0.2) is 13.1 Å². The monoisotopic (exact) mass is 388 g/mol. The smallest absolute Gasteiger partial charge is 0.244 e. The van der Waals surface area contributed by atoms with Gasteiger partial charge in [0, 0.05) is 11.7 Å². The summed E-state index contributed by atoms with van der Waals surface area (Å²) in [5.74, 6) is -0.0169. The number of sulfonamides is 1. The lowest BCUT2D eigenvalue weighted by molar-refractivity contribution is -0.117. The summed E-state index contributed by atoms with van der Waals surface area (Å²) in [4.78, 5) is 14.4. The Morgan fingerprint density at radius 3 is 2.59 bits per heavy atom. The number of fused-ring (bicyclic) bond motifs is 1. The summed E-state index contributed by atoms with van der Waals surface area (Å²) < 4.78 is 33.2. The summed E-state index contributed by atoms with van der Waals surface area (Å²) in [5.41, 5.74) is 3.71. The van der Waals surface area contributed by atoms with Crippen molar-refractivity contribution in [1.82, 2.24) is 4.72 Å². The van der Waals surface area contributed by atoms with Crippen molar-refractivity contribution in [1.29, 1.82) is 0 Å². The SMILES string of the molecule is COc1cc(C)c(C)cc1S(=O)(=O)NCC(=O)N1c2ccccc2CC1C. The standard InChI is InChI=1S/C20H24N2O4S/c1-13-9-18(26-4)19(10-14(13)2)27(24,25)21-12-20(23)22-15(3)11-16-7-5-6-8-17(16)22/h5-10,15,21H,11-12H2,1-4H3. The quantitative estimate of drug-likeness (QED) is 0.854. The first-order chi connectivity index (χ1) is 12.7. The van der Waals surface area contributed by atoms with E-state index in [1.807, 2.05) is 45.0 Å². The lowest BCUT2D eigenvalue weighted by Gasteiger charge is -2.23.